The minimum atomic E-state index is -0.351. The summed E-state index contributed by atoms with van der Waals surface area (Å²) in [6.07, 6.45) is 1.45. The fourth-order valence-electron chi connectivity index (χ4n) is 2.71. The van der Waals surface area contributed by atoms with Crippen molar-refractivity contribution >= 4 is 52.5 Å². The van der Waals surface area contributed by atoms with E-state index in [2.05, 4.69) is 15.6 Å². The molecular formula is C21H19Cl2FN4O3S. The van der Waals surface area contributed by atoms with E-state index in [1.165, 1.54) is 22.9 Å². The van der Waals surface area contributed by atoms with E-state index in [0.717, 1.165) is 17.3 Å². The van der Waals surface area contributed by atoms with Crippen LogP contribution in [0.3, 0.4) is 0 Å². The number of hydrogen-bond acceptors (Lipinski definition) is 5. The van der Waals surface area contributed by atoms with Crippen LogP contribution in [0.5, 0.6) is 0 Å². The van der Waals surface area contributed by atoms with Crippen molar-refractivity contribution in [3.05, 3.63) is 75.8 Å². The molecule has 7 nitrogen and oxygen atoms in total. The van der Waals surface area contributed by atoms with Crippen LogP contribution in [-0.2, 0) is 29.3 Å². The van der Waals surface area contributed by atoms with Gasteiger partial charge in [-0.25, -0.2) is 9.37 Å². The molecule has 3 rings (SSSR count). The molecule has 168 valence electrons. The highest BCUT2D eigenvalue weighted by Crippen LogP contribution is 2.25. The molecule has 0 bridgehead atoms. The van der Waals surface area contributed by atoms with Gasteiger partial charge < -0.3 is 20.3 Å². The van der Waals surface area contributed by atoms with Gasteiger partial charge in [0.15, 0.2) is 5.16 Å². The second-order valence-electron chi connectivity index (χ2n) is 6.65. The summed E-state index contributed by atoms with van der Waals surface area (Å²) in [5.41, 5.74) is 1.69. The van der Waals surface area contributed by atoms with Gasteiger partial charge in [-0.1, -0.05) is 47.1 Å². The third-order valence-electron chi connectivity index (χ3n) is 4.30. The average molecular weight is 497 g/mol. The Morgan fingerprint density at radius 3 is 2.53 bits per heavy atom. The van der Waals surface area contributed by atoms with Gasteiger partial charge in [-0.05, 0) is 35.9 Å². The molecule has 0 unspecified atom stereocenters. The van der Waals surface area contributed by atoms with Crippen molar-refractivity contribution in [1.29, 1.82) is 0 Å². The normalized spacial score (nSPS) is 10.8. The van der Waals surface area contributed by atoms with Crippen LogP contribution in [0.2, 0.25) is 10.0 Å². The van der Waals surface area contributed by atoms with Crippen LogP contribution in [0.4, 0.5) is 10.1 Å². The number of thioether (sulfide) groups is 1. The van der Waals surface area contributed by atoms with Crippen LogP contribution in [0.15, 0.2) is 53.8 Å². The number of amides is 2. The molecule has 11 heteroatoms. The highest BCUT2D eigenvalue weighted by molar-refractivity contribution is 7.99. The Kier molecular flexibility index (Phi) is 8.52. The topological polar surface area (TPSA) is 96.2 Å². The number of benzene rings is 2. The molecule has 0 radical (unpaired) electrons. The third-order valence-corrected chi connectivity index (χ3v) is 6.03. The van der Waals surface area contributed by atoms with Crippen LogP contribution in [0.25, 0.3) is 0 Å². The second-order valence-corrected chi connectivity index (χ2v) is 8.40. The Morgan fingerprint density at radius 2 is 1.84 bits per heavy atom. The number of carbonyl (C=O) groups is 2. The van der Waals surface area contributed by atoms with Gasteiger partial charge in [0.05, 0.1) is 34.3 Å². The second kappa shape index (κ2) is 11.3. The first kappa shape index (κ1) is 24.1. The molecule has 32 heavy (non-hydrogen) atoms. The van der Waals surface area contributed by atoms with Crippen LogP contribution < -0.4 is 10.6 Å². The van der Waals surface area contributed by atoms with Crippen LogP contribution in [0.1, 0.15) is 11.3 Å². The maximum absolute atomic E-state index is 13.0. The summed E-state index contributed by atoms with van der Waals surface area (Å²) in [5.74, 6) is -0.936. The largest absolute Gasteiger partial charge is 0.390 e. The van der Waals surface area contributed by atoms with E-state index < -0.39 is 0 Å². The fraction of sp³-hybridized carbons (Fsp3) is 0.190. The van der Waals surface area contributed by atoms with Gasteiger partial charge in [0, 0.05) is 12.2 Å². The Bertz CT molecular complexity index is 1110. The number of aromatic nitrogens is 2. The summed E-state index contributed by atoms with van der Waals surface area (Å²) in [6.45, 7) is -0.168. The van der Waals surface area contributed by atoms with E-state index in [-0.39, 0.29) is 43.1 Å². The Balaban J connectivity index is 1.57. The van der Waals surface area contributed by atoms with E-state index in [4.69, 9.17) is 23.2 Å². The summed E-state index contributed by atoms with van der Waals surface area (Å²) in [5, 5.41) is 16.1. The molecule has 0 atom stereocenters. The van der Waals surface area contributed by atoms with Crippen molar-refractivity contribution in [2.24, 2.45) is 0 Å². The summed E-state index contributed by atoms with van der Waals surface area (Å²) in [6, 6.07) is 10.6. The number of anilines is 1. The van der Waals surface area contributed by atoms with E-state index in [9.17, 15) is 19.1 Å². The van der Waals surface area contributed by atoms with Crippen molar-refractivity contribution < 1.29 is 19.1 Å². The number of hydrogen-bond donors (Lipinski definition) is 3. The quantitative estimate of drug-likeness (QED) is 0.390. The smallest absolute Gasteiger partial charge is 0.240 e. The lowest BCUT2D eigenvalue weighted by Crippen LogP contribution is -2.28. The fourth-order valence-corrected chi connectivity index (χ4v) is 3.80. The predicted molar refractivity (Wildman–Crippen MR) is 122 cm³/mol. The average Bonchev–Trinajstić information content (AvgIpc) is 3.16. The van der Waals surface area contributed by atoms with Crippen LogP contribution >= 0.6 is 35.0 Å². The van der Waals surface area contributed by atoms with Crippen LogP contribution in [-0.4, -0.2) is 32.2 Å². The lowest BCUT2D eigenvalue weighted by atomic mass is 10.2. The molecule has 2 amide bonds. The van der Waals surface area contributed by atoms with Crippen molar-refractivity contribution in [2.45, 2.75) is 24.9 Å². The zero-order valence-corrected chi connectivity index (χ0v) is 19.0. The van der Waals surface area contributed by atoms with E-state index in [1.807, 2.05) is 0 Å². The highest BCUT2D eigenvalue weighted by Gasteiger charge is 2.15. The lowest BCUT2D eigenvalue weighted by Gasteiger charge is -2.11. The Morgan fingerprint density at radius 1 is 1.09 bits per heavy atom. The number of aliphatic hydroxyl groups excluding tert-OH is 1. The number of nitrogens with one attached hydrogen (secondary N) is 2. The first-order valence-electron chi connectivity index (χ1n) is 9.40. The number of aliphatic hydroxyl groups is 1. The Hall–Kier alpha value is -2.59. The molecule has 2 aromatic carbocycles. The predicted octanol–water partition coefficient (Wildman–Crippen LogP) is 3.87. The minimum Gasteiger partial charge on any atom is -0.390 e. The van der Waals surface area contributed by atoms with Gasteiger partial charge in [0.1, 0.15) is 12.4 Å². The van der Waals surface area contributed by atoms with Gasteiger partial charge in [-0.3, -0.25) is 9.59 Å². The molecular weight excluding hydrogens is 478 g/mol. The summed E-state index contributed by atoms with van der Waals surface area (Å²) >= 11 is 12.9. The van der Waals surface area contributed by atoms with E-state index in [0.29, 0.717) is 26.6 Å². The number of nitrogens with zero attached hydrogens (tertiary/aromatic N) is 2. The van der Waals surface area contributed by atoms with Gasteiger partial charge >= 0.3 is 0 Å². The molecule has 3 N–H and O–H groups in total. The first-order valence-corrected chi connectivity index (χ1v) is 11.1. The number of carbonyl (C=O) groups excluding carboxylic acids is 2. The minimum absolute atomic E-state index is 0.0271. The first-order chi connectivity index (χ1) is 15.4. The molecule has 1 aromatic heterocycles. The maximum atomic E-state index is 13.0. The zero-order valence-electron chi connectivity index (χ0n) is 16.6. The summed E-state index contributed by atoms with van der Waals surface area (Å²) < 4.78 is 14.5. The SMILES string of the molecule is O=C(Cn1c(CO)cnc1SCC(=O)Nc1ccc(Cl)c(Cl)c1)NCc1ccc(F)cc1. The standard InChI is InChI=1S/C21H19Cl2FN4O3S/c22-17-6-5-15(7-18(17)23)27-20(31)12-32-21-26-9-16(11-29)28(21)10-19(30)25-8-13-1-3-14(24)4-2-13/h1-7,9,29H,8,10-12H2,(H,25,30)(H,27,31). The van der Waals surface area contributed by atoms with E-state index >= 15 is 0 Å². The molecule has 0 aliphatic heterocycles. The molecule has 1 heterocycles. The monoisotopic (exact) mass is 496 g/mol. The number of imidazole rings is 1. The van der Waals surface area contributed by atoms with Gasteiger partial charge in [0.2, 0.25) is 11.8 Å². The van der Waals surface area contributed by atoms with Gasteiger partial charge in [-0.15, -0.1) is 0 Å². The molecule has 0 fully saturated rings. The van der Waals surface area contributed by atoms with Gasteiger partial charge in [-0.2, -0.15) is 0 Å². The van der Waals surface area contributed by atoms with Crippen molar-refractivity contribution in [1.82, 2.24) is 14.9 Å². The van der Waals surface area contributed by atoms with E-state index in [1.54, 1.807) is 30.3 Å². The maximum Gasteiger partial charge on any atom is 0.240 e. The Labute approximate surface area is 197 Å². The van der Waals surface area contributed by atoms with Crippen molar-refractivity contribution in [2.75, 3.05) is 11.1 Å². The number of rotatable bonds is 9. The zero-order chi connectivity index (χ0) is 23.1. The van der Waals surface area contributed by atoms with Crippen molar-refractivity contribution in [3.63, 3.8) is 0 Å². The van der Waals surface area contributed by atoms with Crippen LogP contribution in [0, 0.1) is 5.82 Å². The lowest BCUT2D eigenvalue weighted by molar-refractivity contribution is -0.122. The molecule has 3 aromatic rings. The highest BCUT2D eigenvalue weighted by atomic mass is 35.5. The molecule has 0 saturated carbocycles. The number of halogens is 3. The summed E-state index contributed by atoms with van der Waals surface area (Å²) in [7, 11) is 0. The third kappa shape index (κ3) is 6.70. The molecule has 0 aliphatic rings. The summed E-state index contributed by atoms with van der Waals surface area (Å²) in [4.78, 5) is 28.9. The van der Waals surface area contributed by atoms with Crippen molar-refractivity contribution in [3.8, 4) is 0 Å². The molecule has 0 saturated heterocycles. The molecule has 0 aliphatic carbocycles. The van der Waals surface area contributed by atoms with Gasteiger partial charge in [0.25, 0.3) is 0 Å². The molecule has 0 spiro atoms.